The van der Waals surface area contributed by atoms with Crippen LogP contribution >= 0.6 is 11.6 Å². The van der Waals surface area contributed by atoms with Crippen LogP contribution in [-0.2, 0) is 9.59 Å². The number of rotatable bonds is 2. The van der Waals surface area contributed by atoms with Crippen molar-refractivity contribution in [2.24, 2.45) is 0 Å². The van der Waals surface area contributed by atoms with E-state index in [1.54, 1.807) is 32.0 Å². The summed E-state index contributed by atoms with van der Waals surface area (Å²) in [7, 11) is 0. The molecular formula is C11H13ClN2O2. The fourth-order valence-corrected chi connectivity index (χ4v) is 1.34. The van der Waals surface area contributed by atoms with Gasteiger partial charge in [0.15, 0.2) is 0 Å². The Kier molecular flexibility index (Phi) is 4.31. The summed E-state index contributed by atoms with van der Waals surface area (Å²) < 4.78 is 0. The standard InChI is InChI=1S/C11H13ClN2O2/c1-3-13-10(15)11(16)14-9-6-4-5-8(12)7(9)2/h4-6H,3H2,1-2H3,(H,13,15)(H,14,16). The van der Waals surface area contributed by atoms with Gasteiger partial charge in [-0.3, -0.25) is 9.59 Å². The van der Waals surface area contributed by atoms with Crippen molar-refractivity contribution in [3.05, 3.63) is 28.8 Å². The molecule has 0 unspecified atom stereocenters. The Bertz CT molecular complexity index is 418. The smallest absolute Gasteiger partial charge is 0.313 e. The lowest BCUT2D eigenvalue weighted by atomic mass is 10.2. The summed E-state index contributed by atoms with van der Waals surface area (Å²) >= 11 is 5.89. The van der Waals surface area contributed by atoms with Gasteiger partial charge in [-0.1, -0.05) is 17.7 Å². The average molecular weight is 241 g/mol. The number of hydrogen-bond acceptors (Lipinski definition) is 2. The third kappa shape index (κ3) is 2.97. The van der Waals surface area contributed by atoms with Gasteiger partial charge in [0.05, 0.1) is 0 Å². The summed E-state index contributed by atoms with van der Waals surface area (Å²) in [5.74, 6) is -1.34. The van der Waals surface area contributed by atoms with Crippen LogP contribution in [0.5, 0.6) is 0 Å². The first-order chi connectivity index (χ1) is 7.56. The molecule has 0 saturated heterocycles. The molecule has 0 aliphatic heterocycles. The van der Waals surface area contributed by atoms with Crippen LogP contribution in [0, 0.1) is 6.92 Å². The van der Waals surface area contributed by atoms with E-state index < -0.39 is 11.8 Å². The average Bonchev–Trinajstić information content (AvgIpc) is 2.25. The van der Waals surface area contributed by atoms with E-state index in [2.05, 4.69) is 10.6 Å². The van der Waals surface area contributed by atoms with E-state index in [0.29, 0.717) is 17.3 Å². The number of halogens is 1. The molecule has 0 atom stereocenters. The van der Waals surface area contributed by atoms with Gasteiger partial charge in [-0.2, -0.15) is 0 Å². The van der Waals surface area contributed by atoms with Gasteiger partial charge >= 0.3 is 11.8 Å². The zero-order valence-electron chi connectivity index (χ0n) is 9.13. The topological polar surface area (TPSA) is 58.2 Å². The number of carbonyl (C=O) groups excluding carboxylic acids is 2. The van der Waals surface area contributed by atoms with Gasteiger partial charge in [-0.05, 0) is 31.5 Å². The Morgan fingerprint density at radius 1 is 1.31 bits per heavy atom. The first-order valence-electron chi connectivity index (χ1n) is 4.90. The fraction of sp³-hybridized carbons (Fsp3) is 0.273. The Balaban J connectivity index is 2.77. The highest BCUT2D eigenvalue weighted by atomic mass is 35.5. The normalized spacial score (nSPS) is 9.69. The minimum absolute atomic E-state index is 0.417. The molecule has 0 saturated carbocycles. The van der Waals surface area contributed by atoms with Gasteiger partial charge in [0.2, 0.25) is 0 Å². The maximum Gasteiger partial charge on any atom is 0.313 e. The predicted octanol–water partition coefficient (Wildman–Crippen LogP) is 1.72. The van der Waals surface area contributed by atoms with E-state index in [-0.39, 0.29) is 0 Å². The molecule has 4 nitrogen and oxygen atoms in total. The van der Waals surface area contributed by atoms with Crippen LogP contribution in [0.3, 0.4) is 0 Å². The molecule has 86 valence electrons. The number of benzene rings is 1. The largest absolute Gasteiger partial charge is 0.348 e. The van der Waals surface area contributed by atoms with Crippen LogP contribution in [0.15, 0.2) is 18.2 Å². The monoisotopic (exact) mass is 240 g/mol. The molecule has 16 heavy (non-hydrogen) atoms. The van der Waals surface area contributed by atoms with Crippen molar-refractivity contribution in [2.75, 3.05) is 11.9 Å². The third-order valence-corrected chi connectivity index (χ3v) is 2.47. The number of hydrogen-bond donors (Lipinski definition) is 2. The molecule has 0 fully saturated rings. The van der Waals surface area contributed by atoms with Gasteiger partial charge in [0, 0.05) is 17.3 Å². The van der Waals surface area contributed by atoms with Crippen LogP contribution in [0.2, 0.25) is 5.02 Å². The first-order valence-corrected chi connectivity index (χ1v) is 5.28. The second-order valence-corrected chi connectivity index (χ2v) is 3.63. The van der Waals surface area contributed by atoms with Crippen molar-refractivity contribution in [1.29, 1.82) is 0 Å². The molecule has 0 bridgehead atoms. The van der Waals surface area contributed by atoms with Crippen LogP contribution < -0.4 is 10.6 Å². The van der Waals surface area contributed by atoms with E-state index in [1.165, 1.54) is 0 Å². The molecule has 0 aromatic heterocycles. The summed E-state index contributed by atoms with van der Waals surface area (Å²) in [4.78, 5) is 22.6. The van der Waals surface area contributed by atoms with Crippen molar-refractivity contribution in [3.63, 3.8) is 0 Å². The van der Waals surface area contributed by atoms with Gasteiger partial charge < -0.3 is 10.6 Å². The number of likely N-dealkylation sites (N-methyl/N-ethyl adjacent to an activating group) is 1. The van der Waals surface area contributed by atoms with Crippen molar-refractivity contribution in [1.82, 2.24) is 5.32 Å². The van der Waals surface area contributed by atoms with E-state index in [1.807, 2.05) is 0 Å². The minimum Gasteiger partial charge on any atom is -0.348 e. The number of nitrogens with one attached hydrogen (secondary N) is 2. The van der Waals surface area contributed by atoms with E-state index in [9.17, 15) is 9.59 Å². The first kappa shape index (κ1) is 12.5. The lowest BCUT2D eigenvalue weighted by Crippen LogP contribution is -2.35. The van der Waals surface area contributed by atoms with E-state index in [0.717, 1.165) is 5.56 Å². The molecule has 2 N–H and O–H groups in total. The quantitative estimate of drug-likeness (QED) is 0.774. The van der Waals surface area contributed by atoms with Gasteiger partial charge in [0.25, 0.3) is 0 Å². The van der Waals surface area contributed by atoms with Crippen molar-refractivity contribution in [2.45, 2.75) is 13.8 Å². The van der Waals surface area contributed by atoms with Crippen LogP contribution in [-0.4, -0.2) is 18.4 Å². The summed E-state index contributed by atoms with van der Waals surface area (Å²) in [6.45, 7) is 3.94. The van der Waals surface area contributed by atoms with Gasteiger partial charge in [0.1, 0.15) is 0 Å². The lowest BCUT2D eigenvalue weighted by molar-refractivity contribution is -0.136. The Morgan fingerprint density at radius 2 is 2.00 bits per heavy atom. The fourth-order valence-electron chi connectivity index (χ4n) is 1.16. The highest BCUT2D eigenvalue weighted by Gasteiger charge is 2.13. The Labute approximate surface area is 99.0 Å². The van der Waals surface area contributed by atoms with Gasteiger partial charge in [-0.25, -0.2) is 0 Å². The second kappa shape index (κ2) is 5.51. The Morgan fingerprint density at radius 3 is 2.62 bits per heavy atom. The predicted molar refractivity (Wildman–Crippen MR) is 63.5 cm³/mol. The maximum absolute atomic E-state index is 11.4. The third-order valence-electron chi connectivity index (χ3n) is 2.06. The zero-order chi connectivity index (χ0) is 12.1. The Hall–Kier alpha value is -1.55. The SMILES string of the molecule is CCNC(=O)C(=O)Nc1cccc(Cl)c1C. The lowest BCUT2D eigenvalue weighted by Gasteiger charge is -2.08. The molecule has 0 heterocycles. The molecule has 1 aromatic rings. The van der Waals surface area contributed by atoms with Crippen LogP contribution in [0.1, 0.15) is 12.5 Å². The molecule has 0 spiro atoms. The van der Waals surface area contributed by atoms with E-state index in [4.69, 9.17) is 11.6 Å². The molecule has 2 amide bonds. The summed E-state index contributed by atoms with van der Waals surface area (Å²) in [5.41, 5.74) is 1.28. The van der Waals surface area contributed by atoms with Crippen molar-refractivity contribution < 1.29 is 9.59 Å². The highest BCUT2D eigenvalue weighted by Crippen LogP contribution is 2.22. The molecular weight excluding hydrogens is 228 g/mol. The second-order valence-electron chi connectivity index (χ2n) is 3.23. The maximum atomic E-state index is 11.4. The number of carbonyl (C=O) groups is 2. The molecule has 1 rings (SSSR count). The highest BCUT2D eigenvalue weighted by molar-refractivity contribution is 6.40. The summed E-state index contributed by atoms with van der Waals surface area (Å²) in [6.07, 6.45) is 0. The summed E-state index contributed by atoms with van der Waals surface area (Å²) in [6, 6.07) is 5.12. The number of anilines is 1. The minimum atomic E-state index is -0.688. The van der Waals surface area contributed by atoms with Crippen LogP contribution in [0.4, 0.5) is 5.69 Å². The molecule has 0 aliphatic rings. The van der Waals surface area contributed by atoms with Crippen molar-refractivity contribution in [3.8, 4) is 0 Å². The summed E-state index contributed by atoms with van der Waals surface area (Å²) in [5, 5.41) is 5.47. The van der Waals surface area contributed by atoms with Crippen molar-refractivity contribution >= 4 is 29.1 Å². The zero-order valence-corrected chi connectivity index (χ0v) is 9.89. The molecule has 1 aromatic carbocycles. The van der Waals surface area contributed by atoms with Gasteiger partial charge in [-0.15, -0.1) is 0 Å². The van der Waals surface area contributed by atoms with Crippen LogP contribution in [0.25, 0.3) is 0 Å². The molecule has 5 heteroatoms. The molecule has 0 radical (unpaired) electrons. The molecule has 0 aliphatic carbocycles. The number of amides is 2. The van der Waals surface area contributed by atoms with E-state index >= 15 is 0 Å².